The molecule has 0 aliphatic rings. The second-order valence-corrected chi connectivity index (χ2v) is 9.27. The van der Waals surface area contributed by atoms with Crippen LogP contribution >= 0.6 is 0 Å². The van der Waals surface area contributed by atoms with Crippen LogP contribution in [0.2, 0.25) is 0 Å². The number of hydrogen-bond donors (Lipinski definition) is 2. The summed E-state index contributed by atoms with van der Waals surface area (Å²) in [6, 6.07) is 11.7. The van der Waals surface area contributed by atoms with Gasteiger partial charge in [-0.15, -0.1) is 0 Å². The highest BCUT2D eigenvalue weighted by molar-refractivity contribution is 5.97. The lowest BCUT2D eigenvalue weighted by molar-refractivity contribution is -0.124. The zero-order valence-electron chi connectivity index (χ0n) is 20.4. The Morgan fingerprint density at radius 3 is 2.12 bits per heavy atom. The van der Waals surface area contributed by atoms with Gasteiger partial charge in [0.1, 0.15) is 17.4 Å². The van der Waals surface area contributed by atoms with E-state index in [1.807, 2.05) is 26.0 Å². The fourth-order valence-corrected chi connectivity index (χ4v) is 3.31. The Balaban J connectivity index is 2.08. The number of hydrogen-bond acceptors (Lipinski definition) is 5. The van der Waals surface area contributed by atoms with Gasteiger partial charge in [0.05, 0.1) is 14.2 Å². The van der Waals surface area contributed by atoms with Crippen molar-refractivity contribution in [2.75, 3.05) is 14.2 Å². The van der Waals surface area contributed by atoms with Crippen LogP contribution in [0.4, 0.5) is 0 Å². The van der Waals surface area contributed by atoms with E-state index >= 15 is 0 Å². The fourth-order valence-electron chi connectivity index (χ4n) is 3.31. The lowest BCUT2D eigenvalue weighted by Gasteiger charge is -2.22. The third-order valence-corrected chi connectivity index (χ3v) is 5.38. The summed E-state index contributed by atoms with van der Waals surface area (Å²) in [6.07, 6.45) is 0. The van der Waals surface area contributed by atoms with Crippen LogP contribution < -0.4 is 15.4 Å². The molecule has 0 aromatic heterocycles. The number of amides is 2. The number of rotatable bonds is 8. The summed E-state index contributed by atoms with van der Waals surface area (Å²) in [5.74, 6) is -0.863. The van der Waals surface area contributed by atoms with Gasteiger partial charge >= 0.3 is 5.97 Å². The summed E-state index contributed by atoms with van der Waals surface area (Å²) in [5, 5.41) is 5.68. The molecule has 7 heteroatoms. The molecule has 1 atom stereocenters. The predicted molar refractivity (Wildman–Crippen MR) is 127 cm³/mol. The number of methoxy groups -OCH3 is 2. The van der Waals surface area contributed by atoms with E-state index in [1.54, 1.807) is 30.3 Å². The molecular weight excluding hydrogens is 420 g/mol. The van der Waals surface area contributed by atoms with Crippen molar-refractivity contribution >= 4 is 17.8 Å². The molecule has 0 bridgehead atoms. The molecule has 7 nitrogen and oxygen atoms in total. The van der Waals surface area contributed by atoms with Crippen LogP contribution in [0.25, 0.3) is 0 Å². The van der Waals surface area contributed by atoms with Gasteiger partial charge in [-0.05, 0) is 46.7 Å². The maximum absolute atomic E-state index is 12.9. The highest BCUT2D eigenvalue weighted by Crippen LogP contribution is 2.23. The number of nitrogens with one attached hydrogen (secondary N) is 2. The van der Waals surface area contributed by atoms with E-state index in [4.69, 9.17) is 9.47 Å². The average Bonchev–Trinajstić information content (AvgIpc) is 2.79. The normalized spacial score (nSPS) is 12.1. The van der Waals surface area contributed by atoms with Gasteiger partial charge in [-0.3, -0.25) is 9.59 Å². The van der Waals surface area contributed by atoms with Crippen molar-refractivity contribution in [1.82, 2.24) is 10.6 Å². The molecule has 0 aliphatic heterocycles. The monoisotopic (exact) mass is 454 g/mol. The lowest BCUT2D eigenvalue weighted by Crippen LogP contribution is -2.49. The van der Waals surface area contributed by atoms with Crippen LogP contribution in [0.1, 0.15) is 66.5 Å². The molecule has 2 N–H and O–H groups in total. The second kappa shape index (κ2) is 11.0. The molecular formula is C26H34N2O5. The third-order valence-electron chi connectivity index (χ3n) is 5.38. The number of ether oxygens (including phenoxy) is 2. The molecule has 0 radical (unpaired) electrons. The Morgan fingerprint density at radius 2 is 1.61 bits per heavy atom. The maximum Gasteiger partial charge on any atom is 0.341 e. The zero-order valence-corrected chi connectivity index (χ0v) is 20.4. The Hall–Kier alpha value is -3.35. The van der Waals surface area contributed by atoms with Gasteiger partial charge in [0.25, 0.3) is 5.91 Å². The smallest absolute Gasteiger partial charge is 0.341 e. The van der Waals surface area contributed by atoms with E-state index in [2.05, 4.69) is 31.4 Å². The summed E-state index contributed by atoms with van der Waals surface area (Å²) in [4.78, 5) is 37.6. The minimum atomic E-state index is -0.710. The van der Waals surface area contributed by atoms with E-state index in [0.29, 0.717) is 16.9 Å². The molecule has 2 amide bonds. The van der Waals surface area contributed by atoms with Gasteiger partial charge in [-0.2, -0.15) is 0 Å². The molecule has 0 saturated carbocycles. The second-order valence-electron chi connectivity index (χ2n) is 9.27. The van der Waals surface area contributed by atoms with E-state index in [9.17, 15) is 14.4 Å². The lowest BCUT2D eigenvalue weighted by atomic mass is 9.86. The standard InChI is InChI=1S/C26H34N2O5/c1-16(2)22(28-23(29)18-9-11-19(12-10-18)26(3,4)5)24(30)27-15-17-8-13-21(32-6)20(14-17)25(31)33-7/h8-14,16,22H,15H2,1-7H3,(H,27,30)(H,28,29)/t22-/m0/s1. The molecule has 0 unspecified atom stereocenters. The zero-order chi connectivity index (χ0) is 24.8. The van der Waals surface area contributed by atoms with Crippen molar-refractivity contribution in [1.29, 1.82) is 0 Å². The first kappa shape index (κ1) is 25.9. The first-order valence-electron chi connectivity index (χ1n) is 10.9. The highest BCUT2D eigenvalue weighted by Gasteiger charge is 2.25. The number of benzene rings is 2. The van der Waals surface area contributed by atoms with Gasteiger partial charge in [-0.25, -0.2) is 4.79 Å². The molecule has 0 fully saturated rings. The summed E-state index contributed by atoms with van der Waals surface area (Å²) in [6.45, 7) is 10.3. The van der Waals surface area contributed by atoms with Crippen molar-refractivity contribution in [3.05, 3.63) is 64.7 Å². The molecule has 0 heterocycles. The van der Waals surface area contributed by atoms with Crippen LogP contribution in [-0.2, 0) is 21.5 Å². The van der Waals surface area contributed by atoms with Crippen LogP contribution in [0.15, 0.2) is 42.5 Å². The third kappa shape index (κ3) is 6.81. The number of carbonyl (C=O) groups excluding carboxylic acids is 3. The molecule has 33 heavy (non-hydrogen) atoms. The SMILES string of the molecule is COC(=O)c1cc(CNC(=O)[C@@H](NC(=O)c2ccc(C(C)(C)C)cc2)C(C)C)ccc1OC. The van der Waals surface area contributed by atoms with Gasteiger partial charge < -0.3 is 20.1 Å². The van der Waals surface area contributed by atoms with E-state index in [0.717, 1.165) is 5.56 Å². The van der Waals surface area contributed by atoms with Crippen molar-refractivity contribution in [2.45, 2.75) is 52.6 Å². The van der Waals surface area contributed by atoms with E-state index < -0.39 is 12.0 Å². The quantitative estimate of drug-likeness (QED) is 0.591. The van der Waals surface area contributed by atoms with Gasteiger partial charge in [0.2, 0.25) is 5.91 Å². The number of carbonyl (C=O) groups is 3. The predicted octanol–water partition coefficient (Wildman–Crippen LogP) is 3.85. The highest BCUT2D eigenvalue weighted by atomic mass is 16.5. The Kier molecular flexibility index (Phi) is 8.63. The van der Waals surface area contributed by atoms with Crippen molar-refractivity contribution in [3.8, 4) is 5.75 Å². The first-order valence-corrected chi connectivity index (χ1v) is 10.9. The van der Waals surface area contributed by atoms with Crippen molar-refractivity contribution < 1.29 is 23.9 Å². The Bertz CT molecular complexity index is 991. The summed E-state index contributed by atoms with van der Waals surface area (Å²) < 4.78 is 9.98. The van der Waals surface area contributed by atoms with Crippen LogP contribution in [0.5, 0.6) is 5.75 Å². The fraction of sp³-hybridized carbons (Fsp3) is 0.423. The minimum Gasteiger partial charge on any atom is -0.496 e. The molecule has 0 aliphatic carbocycles. The van der Waals surface area contributed by atoms with Crippen LogP contribution in [-0.4, -0.2) is 38.0 Å². The molecule has 2 aromatic rings. The topological polar surface area (TPSA) is 93.7 Å². The molecule has 2 aromatic carbocycles. The molecule has 0 spiro atoms. The molecule has 2 rings (SSSR count). The van der Waals surface area contributed by atoms with Gasteiger partial charge in [0.15, 0.2) is 0 Å². The van der Waals surface area contributed by atoms with Crippen molar-refractivity contribution in [3.63, 3.8) is 0 Å². The number of esters is 1. The Labute approximate surface area is 195 Å². The summed E-state index contributed by atoms with van der Waals surface area (Å²) in [7, 11) is 2.76. The maximum atomic E-state index is 12.9. The average molecular weight is 455 g/mol. The molecule has 178 valence electrons. The van der Waals surface area contributed by atoms with Crippen LogP contribution in [0.3, 0.4) is 0 Å². The van der Waals surface area contributed by atoms with Gasteiger partial charge in [0, 0.05) is 12.1 Å². The molecule has 0 saturated heterocycles. The largest absolute Gasteiger partial charge is 0.496 e. The van der Waals surface area contributed by atoms with Crippen molar-refractivity contribution in [2.24, 2.45) is 5.92 Å². The van der Waals surface area contributed by atoms with Crippen LogP contribution in [0, 0.1) is 5.92 Å². The van der Waals surface area contributed by atoms with E-state index in [-0.39, 0.29) is 35.3 Å². The summed E-state index contributed by atoms with van der Waals surface area (Å²) >= 11 is 0. The van der Waals surface area contributed by atoms with Gasteiger partial charge in [-0.1, -0.05) is 52.8 Å². The van der Waals surface area contributed by atoms with E-state index in [1.165, 1.54) is 14.2 Å². The minimum absolute atomic E-state index is 0.00938. The Morgan fingerprint density at radius 1 is 0.970 bits per heavy atom. The first-order chi connectivity index (χ1) is 15.5. The summed E-state index contributed by atoms with van der Waals surface area (Å²) in [5.41, 5.74) is 2.60.